The van der Waals surface area contributed by atoms with E-state index in [1.54, 1.807) is 4.90 Å². The highest BCUT2D eigenvalue weighted by molar-refractivity contribution is 7.71. The maximum atomic E-state index is 10.8. The van der Waals surface area contributed by atoms with Gasteiger partial charge in [0.1, 0.15) is 22.6 Å². The van der Waals surface area contributed by atoms with Crippen molar-refractivity contribution in [2.45, 2.75) is 26.2 Å². The summed E-state index contributed by atoms with van der Waals surface area (Å²) in [4.78, 5) is 17.9. The Morgan fingerprint density at radius 2 is 1.88 bits per heavy atom. The largest absolute Gasteiger partial charge is 0.357 e. The van der Waals surface area contributed by atoms with Gasteiger partial charge in [0.25, 0.3) is 0 Å². The molecule has 0 saturated carbocycles. The lowest BCUT2D eigenvalue weighted by atomic mass is 9.72. The molecule has 1 aromatic rings. The molecule has 3 rings (SSSR count). The summed E-state index contributed by atoms with van der Waals surface area (Å²) in [6, 6.07) is 4.37. The minimum absolute atomic E-state index is 0.237. The van der Waals surface area contributed by atoms with Crippen LogP contribution in [0.3, 0.4) is 0 Å². The first-order valence-corrected chi connectivity index (χ1v) is 8.52. The first-order chi connectivity index (χ1) is 11.6. The van der Waals surface area contributed by atoms with E-state index in [0.717, 1.165) is 56.8 Å². The Kier molecular flexibility index (Phi) is 4.29. The van der Waals surface area contributed by atoms with E-state index in [9.17, 15) is 15.3 Å². The molecule has 1 N–H and O–H groups in total. The fourth-order valence-corrected chi connectivity index (χ4v) is 4.14. The van der Waals surface area contributed by atoms with Crippen molar-refractivity contribution in [3.63, 3.8) is 0 Å². The zero-order valence-corrected chi connectivity index (χ0v) is 14.4. The normalized spacial score (nSPS) is 18.6. The Morgan fingerprint density at radius 1 is 1.25 bits per heavy atom. The van der Waals surface area contributed by atoms with Crippen molar-refractivity contribution in [2.24, 2.45) is 5.41 Å². The number of hydrogen-bond acceptors (Lipinski definition) is 5. The highest BCUT2D eigenvalue weighted by Crippen LogP contribution is 2.41. The van der Waals surface area contributed by atoms with E-state index in [4.69, 9.17) is 12.2 Å². The highest BCUT2D eigenvalue weighted by Gasteiger charge is 2.44. The highest BCUT2D eigenvalue weighted by atomic mass is 32.1. The van der Waals surface area contributed by atoms with E-state index < -0.39 is 0 Å². The van der Waals surface area contributed by atoms with Crippen LogP contribution in [0.5, 0.6) is 0 Å². The van der Waals surface area contributed by atoms with Crippen LogP contribution in [0, 0.1) is 32.7 Å². The third kappa shape index (κ3) is 2.55. The molecule has 0 radical (unpaired) electrons. The van der Waals surface area contributed by atoms with Crippen LogP contribution in [0.15, 0.2) is 0 Å². The summed E-state index contributed by atoms with van der Waals surface area (Å²) in [5.74, 6) is 0.736. The molecule has 1 amide bonds. The van der Waals surface area contributed by atoms with Crippen LogP contribution in [0.25, 0.3) is 0 Å². The van der Waals surface area contributed by atoms with Crippen LogP contribution < -0.4 is 4.90 Å². The summed E-state index contributed by atoms with van der Waals surface area (Å²) in [6.45, 7) is 5.24. The zero-order valence-electron chi connectivity index (χ0n) is 13.6. The molecular formula is C17H19N5OS. The van der Waals surface area contributed by atoms with Crippen molar-refractivity contribution in [1.82, 2.24) is 9.88 Å². The van der Waals surface area contributed by atoms with E-state index >= 15 is 0 Å². The molecule has 24 heavy (non-hydrogen) atoms. The first-order valence-electron chi connectivity index (χ1n) is 8.11. The van der Waals surface area contributed by atoms with Crippen LogP contribution in [0.4, 0.5) is 5.82 Å². The predicted molar refractivity (Wildman–Crippen MR) is 92.0 cm³/mol. The summed E-state index contributed by atoms with van der Waals surface area (Å²) >= 11 is 5.32. The number of carbonyl (C=O) groups excluding carboxylic acids is 1. The quantitative estimate of drug-likeness (QED) is 0.672. The molecule has 3 heterocycles. The molecule has 2 fully saturated rings. The molecular weight excluding hydrogens is 322 g/mol. The van der Waals surface area contributed by atoms with Gasteiger partial charge in [-0.15, -0.1) is 0 Å². The Labute approximate surface area is 146 Å². The monoisotopic (exact) mass is 341 g/mol. The van der Waals surface area contributed by atoms with Gasteiger partial charge in [0.05, 0.1) is 11.1 Å². The number of aromatic nitrogens is 1. The Morgan fingerprint density at radius 3 is 2.38 bits per heavy atom. The minimum Gasteiger partial charge on any atom is -0.357 e. The van der Waals surface area contributed by atoms with Gasteiger partial charge < -0.3 is 14.8 Å². The number of amides is 1. The second-order valence-electron chi connectivity index (χ2n) is 6.61. The van der Waals surface area contributed by atoms with Crippen molar-refractivity contribution in [3.8, 4) is 12.1 Å². The topological polar surface area (TPSA) is 86.9 Å². The number of hydrogen-bond donors (Lipinski definition) is 1. The van der Waals surface area contributed by atoms with Gasteiger partial charge in [-0.3, -0.25) is 4.79 Å². The minimum atomic E-state index is 0.237. The zero-order chi connectivity index (χ0) is 17.3. The van der Waals surface area contributed by atoms with Gasteiger partial charge in [-0.05, 0) is 24.8 Å². The predicted octanol–water partition coefficient (Wildman–Crippen LogP) is 2.11. The molecule has 0 aromatic carbocycles. The molecule has 0 unspecified atom stereocenters. The fourth-order valence-electron chi connectivity index (χ4n) is 3.88. The number of aromatic amines is 1. The van der Waals surface area contributed by atoms with Gasteiger partial charge in [0, 0.05) is 31.6 Å². The molecule has 2 saturated heterocycles. The molecule has 7 heteroatoms. The van der Waals surface area contributed by atoms with Crippen LogP contribution in [-0.4, -0.2) is 42.5 Å². The summed E-state index contributed by atoms with van der Waals surface area (Å²) in [5, 5.41) is 18.9. The molecule has 2 aliphatic heterocycles. The number of pyridine rings is 1. The van der Waals surface area contributed by atoms with E-state index in [1.807, 2.05) is 6.92 Å². The SMILES string of the molecule is CCc1c(C#N)c(N2CCC3(CC2)CN(C=O)C3)[nH]c(=S)c1C#N. The van der Waals surface area contributed by atoms with Crippen molar-refractivity contribution in [1.29, 1.82) is 10.5 Å². The second kappa shape index (κ2) is 6.26. The van der Waals surface area contributed by atoms with Gasteiger partial charge in [0.2, 0.25) is 6.41 Å². The Bertz CT molecular complexity index is 800. The second-order valence-corrected chi connectivity index (χ2v) is 7.01. The summed E-state index contributed by atoms with van der Waals surface area (Å²) < 4.78 is 0.402. The summed E-state index contributed by atoms with van der Waals surface area (Å²) in [7, 11) is 0. The smallest absolute Gasteiger partial charge is 0.209 e. The van der Waals surface area contributed by atoms with Gasteiger partial charge in [-0.25, -0.2) is 0 Å². The lowest BCUT2D eigenvalue weighted by Gasteiger charge is -2.53. The summed E-state index contributed by atoms with van der Waals surface area (Å²) in [5.41, 5.74) is 1.90. The number of likely N-dealkylation sites (tertiary alicyclic amines) is 1. The lowest BCUT2D eigenvalue weighted by molar-refractivity contribution is -0.130. The van der Waals surface area contributed by atoms with E-state index in [1.165, 1.54) is 0 Å². The number of rotatable bonds is 3. The van der Waals surface area contributed by atoms with E-state index in [-0.39, 0.29) is 5.41 Å². The fraction of sp³-hybridized carbons (Fsp3) is 0.529. The van der Waals surface area contributed by atoms with Crippen molar-refractivity contribution < 1.29 is 4.79 Å². The number of piperidine rings is 1. The first kappa shape index (κ1) is 16.5. The Hall–Kier alpha value is -2.38. The summed E-state index contributed by atoms with van der Waals surface area (Å²) in [6.07, 6.45) is 3.49. The van der Waals surface area contributed by atoms with Crippen molar-refractivity contribution in [2.75, 3.05) is 31.1 Å². The lowest BCUT2D eigenvalue weighted by Crippen LogP contribution is -2.59. The third-order valence-corrected chi connectivity index (χ3v) is 5.55. The number of H-pyrrole nitrogens is 1. The number of nitrogens with one attached hydrogen (secondary N) is 1. The molecule has 0 aliphatic carbocycles. The average Bonchev–Trinajstić information content (AvgIpc) is 2.58. The molecule has 0 bridgehead atoms. The Balaban J connectivity index is 1.88. The molecule has 124 valence electrons. The molecule has 0 atom stereocenters. The van der Waals surface area contributed by atoms with Gasteiger partial charge >= 0.3 is 0 Å². The standard InChI is InChI=1S/C17H19N5OS/c1-2-12-13(7-18)15(20-16(24)14(12)8-19)22-5-3-17(4-6-22)9-21(10-17)11-23/h11H,2-6,9-10H2,1H3,(H,20,24). The molecule has 1 spiro atoms. The van der Waals surface area contributed by atoms with E-state index in [0.29, 0.717) is 22.2 Å². The van der Waals surface area contributed by atoms with Crippen molar-refractivity contribution >= 4 is 24.4 Å². The number of nitriles is 2. The molecule has 1 aromatic heterocycles. The van der Waals surface area contributed by atoms with Gasteiger partial charge in [-0.2, -0.15) is 10.5 Å². The maximum absolute atomic E-state index is 10.8. The van der Waals surface area contributed by atoms with Crippen LogP contribution in [0.2, 0.25) is 0 Å². The van der Waals surface area contributed by atoms with Crippen molar-refractivity contribution in [3.05, 3.63) is 21.3 Å². The third-order valence-electron chi connectivity index (χ3n) is 5.24. The number of anilines is 1. The number of nitrogens with zero attached hydrogens (tertiary/aromatic N) is 4. The number of carbonyl (C=O) groups is 1. The average molecular weight is 341 g/mol. The maximum Gasteiger partial charge on any atom is 0.209 e. The van der Waals surface area contributed by atoms with Crippen LogP contribution in [0.1, 0.15) is 36.5 Å². The van der Waals surface area contributed by atoms with E-state index in [2.05, 4.69) is 22.0 Å². The van der Waals surface area contributed by atoms with Gasteiger partial charge in [-0.1, -0.05) is 19.1 Å². The van der Waals surface area contributed by atoms with Crippen LogP contribution in [-0.2, 0) is 11.2 Å². The molecule has 6 nitrogen and oxygen atoms in total. The van der Waals surface area contributed by atoms with Crippen LogP contribution >= 0.6 is 12.2 Å². The van der Waals surface area contributed by atoms with Gasteiger partial charge in [0.15, 0.2) is 0 Å². The molecule has 2 aliphatic rings.